The molecule has 1 fully saturated rings. The summed E-state index contributed by atoms with van der Waals surface area (Å²) >= 11 is 0. The molecule has 3 aromatic rings. The average molecular weight is 334 g/mol. The van der Waals surface area contributed by atoms with Gasteiger partial charge >= 0.3 is 0 Å². The van der Waals surface area contributed by atoms with E-state index in [1.807, 2.05) is 6.07 Å². The van der Waals surface area contributed by atoms with Gasteiger partial charge in [-0.15, -0.1) is 0 Å². The van der Waals surface area contributed by atoms with E-state index < -0.39 is 0 Å². The number of amides is 1. The lowest BCUT2D eigenvalue weighted by Crippen LogP contribution is -2.44. The smallest absolute Gasteiger partial charge is 0.257 e. The Balaban J connectivity index is 1.53. The van der Waals surface area contributed by atoms with E-state index in [0.717, 1.165) is 37.7 Å². The molecule has 0 saturated carbocycles. The normalized spacial score (nSPS) is 17.8. The third-order valence-electron chi connectivity index (χ3n) is 5.05. The minimum atomic E-state index is 0.0840. The van der Waals surface area contributed by atoms with Crippen LogP contribution >= 0.6 is 0 Å². The van der Waals surface area contributed by atoms with Crippen molar-refractivity contribution in [3.05, 3.63) is 66.2 Å². The summed E-state index contributed by atoms with van der Waals surface area (Å²) in [5.41, 5.74) is 2.76. The number of piperidine rings is 1. The standard InChI is InChI=1S/C20H22N4O/c25-20(18-14-22-24-13-11-21-15-19(18)24)23-12-5-4-8-17(23)10-9-16-6-2-1-3-7-16/h1-3,6-7,11,13-15,17H,4-5,8-10,12H2/t17-/m1/s1. The van der Waals surface area contributed by atoms with Gasteiger partial charge in [-0.1, -0.05) is 30.3 Å². The molecule has 0 aliphatic carbocycles. The van der Waals surface area contributed by atoms with Crippen molar-refractivity contribution in [2.45, 2.75) is 38.1 Å². The highest BCUT2D eigenvalue weighted by atomic mass is 16.2. The van der Waals surface area contributed by atoms with Gasteiger partial charge < -0.3 is 4.90 Å². The summed E-state index contributed by atoms with van der Waals surface area (Å²) < 4.78 is 1.71. The Morgan fingerprint density at radius 2 is 2.04 bits per heavy atom. The van der Waals surface area contributed by atoms with E-state index in [2.05, 4.69) is 39.2 Å². The van der Waals surface area contributed by atoms with Crippen LogP contribution in [0, 0.1) is 0 Å². The largest absolute Gasteiger partial charge is 0.336 e. The number of fused-ring (bicyclic) bond motifs is 1. The van der Waals surface area contributed by atoms with E-state index in [4.69, 9.17) is 0 Å². The maximum atomic E-state index is 13.1. The zero-order valence-electron chi connectivity index (χ0n) is 14.2. The molecule has 2 aromatic heterocycles. The molecule has 3 heterocycles. The van der Waals surface area contributed by atoms with Crippen LogP contribution in [0.2, 0.25) is 0 Å². The second-order valence-electron chi connectivity index (χ2n) is 6.64. The van der Waals surface area contributed by atoms with Crippen molar-refractivity contribution < 1.29 is 4.79 Å². The molecule has 0 bridgehead atoms. The minimum Gasteiger partial charge on any atom is -0.336 e. The lowest BCUT2D eigenvalue weighted by molar-refractivity contribution is 0.0604. The Morgan fingerprint density at radius 1 is 1.16 bits per heavy atom. The fourth-order valence-corrected chi connectivity index (χ4v) is 3.70. The molecule has 1 atom stereocenters. The molecular weight excluding hydrogens is 312 g/mol. The summed E-state index contributed by atoms with van der Waals surface area (Å²) in [6, 6.07) is 10.8. The minimum absolute atomic E-state index is 0.0840. The molecule has 4 rings (SSSR count). The Morgan fingerprint density at radius 3 is 2.92 bits per heavy atom. The number of hydrogen-bond acceptors (Lipinski definition) is 3. The Labute approximate surface area is 147 Å². The molecule has 0 unspecified atom stereocenters. The lowest BCUT2D eigenvalue weighted by Gasteiger charge is -2.36. The number of nitrogens with zero attached hydrogens (tertiary/aromatic N) is 4. The van der Waals surface area contributed by atoms with Gasteiger partial charge in [0.25, 0.3) is 5.91 Å². The fraction of sp³-hybridized carbons (Fsp3) is 0.350. The van der Waals surface area contributed by atoms with Crippen molar-refractivity contribution >= 4 is 11.4 Å². The van der Waals surface area contributed by atoms with Crippen LogP contribution < -0.4 is 0 Å². The molecule has 1 saturated heterocycles. The van der Waals surface area contributed by atoms with Gasteiger partial charge in [-0.25, -0.2) is 4.52 Å². The molecule has 5 heteroatoms. The van der Waals surface area contributed by atoms with Gasteiger partial charge in [0.05, 0.1) is 23.5 Å². The van der Waals surface area contributed by atoms with Crippen LogP contribution in [0.15, 0.2) is 55.1 Å². The van der Waals surface area contributed by atoms with Gasteiger partial charge in [0.1, 0.15) is 0 Å². The fourth-order valence-electron chi connectivity index (χ4n) is 3.70. The highest BCUT2D eigenvalue weighted by Crippen LogP contribution is 2.24. The quantitative estimate of drug-likeness (QED) is 0.735. The number of likely N-dealkylation sites (tertiary alicyclic amines) is 1. The predicted molar refractivity (Wildman–Crippen MR) is 96.4 cm³/mol. The molecule has 1 amide bonds. The highest BCUT2D eigenvalue weighted by molar-refractivity contribution is 6.00. The third-order valence-corrected chi connectivity index (χ3v) is 5.05. The summed E-state index contributed by atoms with van der Waals surface area (Å²) in [4.78, 5) is 19.3. The van der Waals surface area contributed by atoms with Gasteiger partial charge in [-0.05, 0) is 37.7 Å². The van der Waals surface area contributed by atoms with Crippen LogP contribution in [0.1, 0.15) is 41.6 Å². The first-order valence-corrected chi connectivity index (χ1v) is 8.95. The van der Waals surface area contributed by atoms with Crippen LogP contribution in [0.4, 0.5) is 0 Å². The first-order valence-electron chi connectivity index (χ1n) is 8.95. The maximum Gasteiger partial charge on any atom is 0.257 e. The van der Waals surface area contributed by atoms with Crippen molar-refractivity contribution in [3.8, 4) is 0 Å². The molecule has 0 radical (unpaired) electrons. The lowest BCUT2D eigenvalue weighted by atomic mass is 9.95. The van der Waals surface area contributed by atoms with E-state index in [1.165, 1.54) is 12.0 Å². The van der Waals surface area contributed by atoms with Gasteiger partial charge in [-0.2, -0.15) is 5.10 Å². The molecule has 5 nitrogen and oxygen atoms in total. The molecule has 0 N–H and O–H groups in total. The molecular formula is C20H22N4O. The zero-order valence-corrected chi connectivity index (χ0v) is 14.2. The molecule has 128 valence electrons. The van der Waals surface area contributed by atoms with Gasteiger partial charge in [0, 0.05) is 25.0 Å². The average Bonchev–Trinajstić information content (AvgIpc) is 3.11. The van der Waals surface area contributed by atoms with Crippen molar-refractivity contribution in [1.29, 1.82) is 0 Å². The van der Waals surface area contributed by atoms with Crippen LogP contribution in [-0.4, -0.2) is 38.0 Å². The second kappa shape index (κ2) is 7.05. The number of carbonyl (C=O) groups is 1. The summed E-state index contributed by atoms with van der Waals surface area (Å²) in [5.74, 6) is 0.0840. The first kappa shape index (κ1) is 15.8. The highest BCUT2D eigenvalue weighted by Gasteiger charge is 2.28. The van der Waals surface area contributed by atoms with E-state index in [1.54, 1.807) is 29.3 Å². The topological polar surface area (TPSA) is 50.5 Å². The van der Waals surface area contributed by atoms with Crippen molar-refractivity contribution in [2.75, 3.05) is 6.54 Å². The second-order valence-corrected chi connectivity index (χ2v) is 6.64. The van der Waals surface area contributed by atoms with Crippen LogP contribution in [0.5, 0.6) is 0 Å². The molecule has 1 aliphatic rings. The van der Waals surface area contributed by atoms with Crippen LogP contribution in [0.25, 0.3) is 5.52 Å². The summed E-state index contributed by atoms with van der Waals surface area (Å²) in [7, 11) is 0. The Kier molecular flexibility index (Phi) is 4.46. The first-order chi connectivity index (χ1) is 12.3. The van der Waals surface area contributed by atoms with Crippen molar-refractivity contribution in [2.24, 2.45) is 0 Å². The number of aromatic nitrogens is 3. The molecule has 1 aromatic carbocycles. The Hall–Kier alpha value is -2.69. The third kappa shape index (κ3) is 3.27. The SMILES string of the molecule is O=C(c1cnn2ccncc12)N1CCCC[C@@H]1CCc1ccccc1. The van der Waals surface area contributed by atoms with Crippen molar-refractivity contribution in [3.63, 3.8) is 0 Å². The van der Waals surface area contributed by atoms with E-state index in [9.17, 15) is 4.79 Å². The van der Waals surface area contributed by atoms with Gasteiger partial charge in [0.15, 0.2) is 0 Å². The van der Waals surface area contributed by atoms with E-state index in [-0.39, 0.29) is 5.91 Å². The number of aryl methyl sites for hydroxylation is 1. The number of rotatable bonds is 4. The number of benzene rings is 1. The maximum absolute atomic E-state index is 13.1. The van der Waals surface area contributed by atoms with E-state index >= 15 is 0 Å². The molecule has 1 aliphatic heterocycles. The number of carbonyl (C=O) groups excluding carboxylic acids is 1. The van der Waals surface area contributed by atoms with E-state index in [0.29, 0.717) is 11.6 Å². The van der Waals surface area contributed by atoms with Gasteiger partial charge in [-0.3, -0.25) is 9.78 Å². The predicted octanol–water partition coefficient (Wildman–Crippen LogP) is 3.36. The zero-order chi connectivity index (χ0) is 17.1. The van der Waals surface area contributed by atoms with Crippen molar-refractivity contribution in [1.82, 2.24) is 19.5 Å². The van der Waals surface area contributed by atoms with Crippen LogP contribution in [0.3, 0.4) is 0 Å². The van der Waals surface area contributed by atoms with Gasteiger partial charge in [0.2, 0.25) is 0 Å². The summed E-state index contributed by atoms with van der Waals surface area (Å²) in [6.07, 6.45) is 12.2. The summed E-state index contributed by atoms with van der Waals surface area (Å²) in [6.45, 7) is 0.829. The molecule has 0 spiro atoms. The monoisotopic (exact) mass is 334 g/mol. The molecule has 25 heavy (non-hydrogen) atoms. The number of hydrogen-bond donors (Lipinski definition) is 0. The van der Waals surface area contributed by atoms with Crippen LogP contribution in [-0.2, 0) is 6.42 Å². The summed E-state index contributed by atoms with van der Waals surface area (Å²) in [5, 5.41) is 4.28. The Bertz CT molecular complexity index is 858.